The molecule has 6 nitrogen and oxygen atoms in total. The minimum absolute atomic E-state index is 0.275. The molecule has 0 N–H and O–H groups in total. The van der Waals surface area contributed by atoms with E-state index in [4.69, 9.17) is 4.74 Å². The van der Waals surface area contributed by atoms with Crippen LogP contribution in [0.25, 0.3) is 0 Å². The van der Waals surface area contributed by atoms with Crippen molar-refractivity contribution in [3.05, 3.63) is 23.9 Å². The van der Waals surface area contributed by atoms with Crippen molar-refractivity contribution in [1.82, 2.24) is 4.98 Å². The maximum atomic E-state index is 11.7. The molecule has 1 aromatic heterocycles. The van der Waals surface area contributed by atoms with Gasteiger partial charge in [0, 0.05) is 12.7 Å². The number of carbonyl (C=O) groups is 2. The Hall–Kier alpha value is -2.11. The number of nitrogens with zero attached hydrogens (tertiary/aromatic N) is 2. The van der Waals surface area contributed by atoms with Gasteiger partial charge in [-0.2, -0.15) is 0 Å². The second-order valence-electron chi connectivity index (χ2n) is 4.27. The molecule has 0 spiro atoms. The lowest BCUT2D eigenvalue weighted by Crippen LogP contribution is -2.37. The minimum Gasteiger partial charge on any atom is -0.467 e. The molecule has 0 bridgehead atoms. The summed E-state index contributed by atoms with van der Waals surface area (Å²) in [5.41, 5.74) is 0.419. The number of hydrogen-bond donors (Lipinski definition) is 0. The summed E-state index contributed by atoms with van der Waals surface area (Å²) in [5, 5.41) is 0. The zero-order valence-corrected chi connectivity index (χ0v) is 11.0. The van der Waals surface area contributed by atoms with Gasteiger partial charge in [-0.05, 0) is 25.0 Å². The van der Waals surface area contributed by atoms with Crippen LogP contribution in [0.5, 0.6) is 0 Å². The van der Waals surface area contributed by atoms with Crippen LogP contribution < -0.4 is 4.90 Å². The van der Waals surface area contributed by atoms with E-state index in [0.29, 0.717) is 11.4 Å². The molecule has 1 atom stereocenters. The van der Waals surface area contributed by atoms with E-state index in [1.807, 2.05) is 4.90 Å². The molecule has 2 heterocycles. The highest BCUT2D eigenvalue weighted by Gasteiger charge is 2.32. The Balaban J connectivity index is 2.26. The van der Waals surface area contributed by atoms with Crippen LogP contribution in [-0.2, 0) is 14.3 Å². The van der Waals surface area contributed by atoms with Crippen molar-refractivity contribution in [3.8, 4) is 0 Å². The highest BCUT2D eigenvalue weighted by Crippen LogP contribution is 2.25. The van der Waals surface area contributed by atoms with Gasteiger partial charge in [0.15, 0.2) is 0 Å². The van der Waals surface area contributed by atoms with Crippen LogP contribution in [0.3, 0.4) is 0 Å². The highest BCUT2D eigenvalue weighted by atomic mass is 16.5. The predicted octanol–water partition coefficient (Wildman–Crippen LogP) is 1.01. The normalized spacial score (nSPS) is 18.2. The van der Waals surface area contributed by atoms with Gasteiger partial charge in [-0.25, -0.2) is 14.6 Å². The molecule has 1 unspecified atom stereocenters. The molecule has 0 radical (unpaired) electrons. The van der Waals surface area contributed by atoms with Crippen LogP contribution in [0.15, 0.2) is 18.3 Å². The summed E-state index contributed by atoms with van der Waals surface area (Å²) in [4.78, 5) is 29.3. The average Bonchev–Trinajstić information content (AvgIpc) is 2.95. The number of carbonyl (C=O) groups excluding carboxylic acids is 2. The number of esters is 2. The van der Waals surface area contributed by atoms with Gasteiger partial charge in [-0.3, -0.25) is 0 Å². The molecule has 2 rings (SSSR count). The van der Waals surface area contributed by atoms with Crippen molar-refractivity contribution >= 4 is 17.8 Å². The molecule has 102 valence electrons. The molecule has 19 heavy (non-hydrogen) atoms. The minimum atomic E-state index is -0.419. The van der Waals surface area contributed by atoms with Gasteiger partial charge in [0.05, 0.1) is 19.8 Å². The van der Waals surface area contributed by atoms with E-state index in [2.05, 4.69) is 9.72 Å². The lowest BCUT2D eigenvalue weighted by Gasteiger charge is -2.23. The Bertz CT molecular complexity index is 489. The number of hydrogen-bond acceptors (Lipinski definition) is 6. The quantitative estimate of drug-likeness (QED) is 0.759. The second-order valence-corrected chi connectivity index (χ2v) is 4.27. The largest absolute Gasteiger partial charge is 0.467 e. The van der Waals surface area contributed by atoms with E-state index < -0.39 is 5.97 Å². The monoisotopic (exact) mass is 264 g/mol. The number of ether oxygens (including phenoxy) is 2. The summed E-state index contributed by atoms with van der Waals surface area (Å²) in [5.74, 6) is -0.101. The predicted molar refractivity (Wildman–Crippen MR) is 68.0 cm³/mol. The Labute approximate surface area is 111 Å². The fourth-order valence-corrected chi connectivity index (χ4v) is 2.24. The summed E-state index contributed by atoms with van der Waals surface area (Å²) in [6, 6.07) is 2.89. The van der Waals surface area contributed by atoms with Crippen LogP contribution in [0.2, 0.25) is 0 Å². The molecule has 1 saturated heterocycles. The summed E-state index contributed by atoms with van der Waals surface area (Å²) in [7, 11) is 2.70. The number of pyridine rings is 1. The molecule has 0 saturated carbocycles. The van der Waals surface area contributed by atoms with Gasteiger partial charge in [-0.15, -0.1) is 0 Å². The maximum Gasteiger partial charge on any atom is 0.338 e. The SMILES string of the molecule is COC(=O)c1ccnc(N2CCCC2C(=O)OC)c1. The Morgan fingerprint density at radius 1 is 1.37 bits per heavy atom. The van der Waals surface area contributed by atoms with Crippen LogP contribution >= 0.6 is 0 Å². The summed E-state index contributed by atoms with van der Waals surface area (Å²) < 4.78 is 9.46. The van der Waals surface area contributed by atoms with Crippen LogP contribution in [-0.4, -0.2) is 43.7 Å². The Morgan fingerprint density at radius 2 is 2.16 bits per heavy atom. The van der Waals surface area contributed by atoms with Gasteiger partial charge in [-0.1, -0.05) is 0 Å². The number of anilines is 1. The fourth-order valence-electron chi connectivity index (χ4n) is 2.24. The van der Waals surface area contributed by atoms with Crippen LogP contribution in [0.1, 0.15) is 23.2 Å². The van der Waals surface area contributed by atoms with E-state index in [1.165, 1.54) is 20.4 Å². The Kier molecular flexibility index (Phi) is 3.99. The van der Waals surface area contributed by atoms with Gasteiger partial charge in [0.1, 0.15) is 11.9 Å². The van der Waals surface area contributed by atoms with Gasteiger partial charge < -0.3 is 14.4 Å². The molecule has 0 aromatic carbocycles. The lowest BCUT2D eigenvalue weighted by atomic mass is 10.2. The van der Waals surface area contributed by atoms with E-state index >= 15 is 0 Å². The third-order valence-electron chi connectivity index (χ3n) is 3.19. The standard InChI is InChI=1S/C13H16N2O4/c1-18-12(16)9-5-6-14-11(8-9)15-7-3-4-10(15)13(17)19-2/h5-6,8,10H,3-4,7H2,1-2H3. The summed E-state index contributed by atoms with van der Waals surface area (Å²) in [6.45, 7) is 0.720. The fraction of sp³-hybridized carbons (Fsp3) is 0.462. The van der Waals surface area contributed by atoms with E-state index in [-0.39, 0.29) is 12.0 Å². The third-order valence-corrected chi connectivity index (χ3v) is 3.19. The first kappa shape index (κ1) is 13.3. The number of aromatic nitrogens is 1. The van der Waals surface area contributed by atoms with E-state index in [0.717, 1.165) is 19.4 Å². The zero-order valence-electron chi connectivity index (χ0n) is 11.0. The highest BCUT2D eigenvalue weighted by molar-refractivity contribution is 5.90. The molecule has 1 aliphatic rings. The molecule has 1 aromatic rings. The topological polar surface area (TPSA) is 68.7 Å². The van der Waals surface area contributed by atoms with Crippen molar-refractivity contribution in [3.63, 3.8) is 0 Å². The molecule has 0 amide bonds. The van der Waals surface area contributed by atoms with Crippen molar-refractivity contribution in [2.24, 2.45) is 0 Å². The average molecular weight is 264 g/mol. The van der Waals surface area contributed by atoms with Crippen LogP contribution in [0, 0.1) is 0 Å². The molecule has 1 aliphatic heterocycles. The van der Waals surface area contributed by atoms with Crippen LogP contribution in [0.4, 0.5) is 5.82 Å². The van der Waals surface area contributed by atoms with Gasteiger partial charge >= 0.3 is 11.9 Å². The van der Waals surface area contributed by atoms with Gasteiger partial charge in [0.2, 0.25) is 0 Å². The molecular formula is C13H16N2O4. The molecule has 1 fully saturated rings. The van der Waals surface area contributed by atoms with Crippen molar-refractivity contribution in [2.75, 3.05) is 25.7 Å². The van der Waals surface area contributed by atoms with Crippen molar-refractivity contribution in [2.45, 2.75) is 18.9 Å². The molecular weight excluding hydrogens is 248 g/mol. The number of methoxy groups -OCH3 is 2. The first-order valence-electron chi connectivity index (χ1n) is 6.06. The summed E-state index contributed by atoms with van der Waals surface area (Å²) >= 11 is 0. The number of rotatable bonds is 3. The van der Waals surface area contributed by atoms with E-state index in [9.17, 15) is 9.59 Å². The third kappa shape index (κ3) is 2.67. The lowest BCUT2D eigenvalue weighted by molar-refractivity contribution is -0.141. The maximum absolute atomic E-state index is 11.7. The van der Waals surface area contributed by atoms with Gasteiger partial charge in [0.25, 0.3) is 0 Å². The van der Waals surface area contributed by atoms with Crippen molar-refractivity contribution in [1.29, 1.82) is 0 Å². The van der Waals surface area contributed by atoms with Crippen molar-refractivity contribution < 1.29 is 19.1 Å². The summed E-state index contributed by atoms with van der Waals surface area (Å²) in [6.07, 6.45) is 3.16. The molecule has 6 heteroatoms. The smallest absolute Gasteiger partial charge is 0.338 e. The first-order chi connectivity index (χ1) is 9.17. The van der Waals surface area contributed by atoms with E-state index in [1.54, 1.807) is 12.1 Å². The first-order valence-corrected chi connectivity index (χ1v) is 6.06. The molecule has 0 aliphatic carbocycles. The zero-order chi connectivity index (χ0) is 13.8. The second kappa shape index (κ2) is 5.69. The Morgan fingerprint density at radius 3 is 2.84 bits per heavy atom.